The molecule has 2 aromatic rings. The molecule has 0 aromatic heterocycles. The Bertz CT molecular complexity index is 677. The van der Waals surface area contributed by atoms with Gasteiger partial charge in [0, 0.05) is 20.1 Å². The molecule has 0 heterocycles. The van der Waals surface area contributed by atoms with E-state index in [9.17, 15) is 9.18 Å². The number of hydrogen-bond donors (Lipinski definition) is 1. The fourth-order valence-corrected chi connectivity index (χ4v) is 2.24. The molecule has 0 atom stereocenters. The molecular formula is C18H22ClFN2O2. The highest BCUT2D eigenvalue weighted by Crippen LogP contribution is 2.24. The van der Waals surface area contributed by atoms with E-state index in [-0.39, 0.29) is 23.9 Å². The number of likely N-dealkylation sites (N-methyl/N-ethyl adjacent to an activating group) is 2. The zero-order valence-electron chi connectivity index (χ0n) is 14.0. The standard InChI is InChI=1S/C18H21FN2O2.ClH/c1-20-10-11-21(2)18(22)16-9-6-14(12-17(16)19)13-4-7-15(23-3)8-5-13;/h4-9,12,20H,10-11H2,1-3H3;1H. The molecule has 0 bridgehead atoms. The van der Waals surface area contributed by atoms with Crippen molar-refractivity contribution in [1.29, 1.82) is 0 Å². The Morgan fingerprint density at radius 3 is 2.33 bits per heavy atom. The molecule has 0 spiro atoms. The summed E-state index contributed by atoms with van der Waals surface area (Å²) in [6.07, 6.45) is 0. The third kappa shape index (κ3) is 4.69. The predicted molar refractivity (Wildman–Crippen MR) is 96.5 cm³/mol. The fraction of sp³-hybridized carbons (Fsp3) is 0.278. The van der Waals surface area contributed by atoms with Crippen molar-refractivity contribution in [2.24, 2.45) is 0 Å². The Morgan fingerprint density at radius 2 is 1.79 bits per heavy atom. The molecule has 0 aliphatic carbocycles. The number of carbonyl (C=O) groups excluding carboxylic acids is 1. The number of nitrogens with zero attached hydrogens (tertiary/aromatic N) is 1. The van der Waals surface area contributed by atoms with Crippen LogP contribution in [0.3, 0.4) is 0 Å². The average Bonchev–Trinajstić information content (AvgIpc) is 2.59. The lowest BCUT2D eigenvalue weighted by Gasteiger charge is -2.17. The molecule has 6 heteroatoms. The van der Waals surface area contributed by atoms with E-state index >= 15 is 0 Å². The van der Waals surface area contributed by atoms with Crippen molar-refractivity contribution in [2.45, 2.75) is 0 Å². The molecule has 0 unspecified atom stereocenters. The quantitative estimate of drug-likeness (QED) is 0.868. The molecular weight excluding hydrogens is 331 g/mol. The van der Waals surface area contributed by atoms with E-state index in [0.717, 1.165) is 16.9 Å². The number of hydrogen-bond acceptors (Lipinski definition) is 3. The first kappa shape index (κ1) is 19.9. The number of methoxy groups -OCH3 is 1. The Balaban J connectivity index is 0.00000288. The lowest BCUT2D eigenvalue weighted by atomic mass is 10.0. The minimum absolute atomic E-state index is 0. The summed E-state index contributed by atoms with van der Waals surface area (Å²) in [5, 5.41) is 2.96. The Morgan fingerprint density at radius 1 is 1.17 bits per heavy atom. The van der Waals surface area contributed by atoms with Crippen molar-refractivity contribution in [3.8, 4) is 16.9 Å². The van der Waals surface area contributed by atoms with Crippen molar-refractivity contribution in [1.82, 2.24) is 10.2 Å². The van der Waals surface area contributed by atoms with E-state index in [1.165, 1.54) is 17.0 Å². The van der Waals surface area contributed by atoms with Gasteiger partial charge in [0.25, 0.3) is 5.91 Å². The summed E-state index contributed by atoms with van der Waals surface area (Å²) >= 11 is 0. The lowest BCUT2D eigenvalue weighted by Crippen LogP contribution is -2.33. The third-order valence-electron chi connectivity index (χ3n) is 3.67. The summed E-state index contributed by atoms with van der Waals surface area (Å²) in [5.74, 6) is -0.0918. The maximum absolute atomic E-state index is 14.3. The zero-order chi connectivity index (χ0) is 16.8. The van der Waals surface area contributed by atoms with Gasteiger partial charge in [0.15, 0.2) is 0 Å². The van der Waals surface area contributed by atoms with Crippen LogP contribution in [-0.2, 0) is 0 Å². The molecule has 1 amide bonds. The second-order valence-corrected chi connectivity index (χ2v) is 5.25. The topological polar surface area (TPSA) is 41.6 Å². The molecule has 0 radical (unpaired) electrons. The molecule has 1 N–H and O–H groups in total. The monoisotopic (exact) mass is 352 g/mol. The highest BCUT2D eigenvalue weighted by Gasteiger charge is 2.16. The van der Waals surface area contributed by atoms with Crippen LogP contribution in [0.5, 0.6) is 5.75 Å². The number of nitrogens with one attached hydrogen (secondary N) is 1. The number of ether oxygens (including phenoxy) is 1. The van der Waals surface area contributed by atoms with Crippen LogP contribution in [0, 0.1) is 5.82 Å². The Labute approximate surface area is 148 Å². The second-order valence-electron chi connectivity index (χ2n) is 5.25. The van der Waals surface area contributed by atoms with E-state index in [1.54, 1.807) is 20.2 Å². The van der Waals surface area contributed by atoms with Gasteiger partial charge < -0.3 is 15.0 Å². The normalized spacial score (nSPS) is 10.0. The minimum Gasteiger partial charge on any atom is -0.497 e. The first-order valence-corrected chi connectivity index (χ1v) is 7.41. The number of benzene rings is 2. The van der Waals surface area contributed by atoms with Crippen LogP contribution in [-0.4, -0.2) is 45.1 Å². The van der Waals surface area contributed by atoms with Gasteiger partial charge in [-0.2, -0.15) is 0 Å². The number of halogens is 2. The van der Waals surface area contributed by atoms with Gasteiger partial charge in [-0.25, -0.2) is 4.39 Å². The summed E-state index contributed by atoms with van der Waals surface area (Å²) in [6.45, 7) is 1.18. The van der Waals surface area contributed by atoms with E-state index in [1.807, 2.05) is 31.3 Å². The highest BCUT2D eigenvalue weighted by molar-refractivity contribution is 5.94. The first-order valence-electron chi connectivity index (χ1n) is 7.41. The van der Waals surface area contributed by atoms with Gasteiger partial charge in [-0.1, -0.05) is 18.2 Å². The molecule has 2 aromatic carbocycles. The van der Waals surface area contributed by atoms with Crippen LogP contribution < -0.4 is 10.1 Å². The van der Waals surface area contributed by atoms with Crippen molar-refractivity contribution in [3.05, 3.63) is 53.8 Å². The molecule has 2 rings (SSSR count). The van der Waals surface area contributed by atoms with Gasteiger partial charge in [0.05, 0.1) is 12.7 Å². The summed E-state index contributed by atoms with van der Waals surface area (Å²) < 4.78 is 19.4. The fourth-order valence-electron chi connectivity index (χ4n) is 2.24. The smallest absolute Gasteiger partial charge is 0.256 e. The molecule has 0 aliphatic rings. The third-order valence-corrected chi connectivity index (χ3v) is 3.67. The molecule has 130 valence electrons. The van der Waals surface area contributed by atoms with Crippen LogP contribution in [0.15, 0.2) is 42.5 Å². The molecule has 0 saturated heterocycles. The highest BCUT2D eigenvalue weighted by atomic mass is 35.5. The van der Waals surface area contributed by atoms with Crippen molar-refractivity contribution in [3.63, 3.8) is 0 Å². The second kappa shape index (κ2) is 9.25. The summed E-state index contributed by atoms with van der Waals surface area (Å²) in [4.78, 5) is 13.7. The summed E-state index contributed by atoms with van der Waals surface area (Å²) in [7, 11) is 5.07. The van der Waals surface area contributed by atoms with Gasteiger partial charge in [0.2, 0.25) is 0 Å². The van der Waals surface area contributed by atoms with Gasteiger partial charge in [-0.3, -0.25) is 4.79 Å². The van der Waals surface area contributed by atoms with Crippen LogP contribution in [0.4, 0.5) is 4.39 Å². The summed E-state index contributed by atoms with van der Waals surface area (Å²) in [5.41, 5.74) is 1.67. The van der Waals surface area contributed by atoms with Gasteiger partial charge in [0.1, 0.15) is 11.6 Å². The van der Waals surface area contributed by atoms with E-state index in [4.69, 9.17) is 4.74 Å². The maximum Gasteiger partial charge on any atom is 0.256 e. The van der Waals surface area contributed by atoms with Crippen molar-refractivity contribution >= 4 is 18.3 Å². The van der Waals surface area contributed by atoms with E-state index in [0.29, 0.717) is 13.1 Å². The van der Waals surface area contributed by atoms with Crippen LogP contribution in [0.2, 0.25) is 0 Å². The van der Waals surface area contributed by atoms with Crippen molar-refractivity contribution < 1.29 is 13.9 Å². The SMILES string of the molecule is CNCCN(C)C(=O)c1ccc(-c2ccc(OC)cc2)cc1F.Cl. The molecule has 0 saturated carbocycles. The number of rotatable bonds is 6. The molecule has 24 heavy (non-hydrogen) atoms. The zero-order valence-corrected chi connectivity index (χ0v) is 14.8. The molecule has 0 fully saturated rings. The van der Waals surface area contributed by atoms with Gasteiger partial charge in [-0.15, -0.1) is 12.4 Å². The van der Waals surface area contributed by atoms with Crippen LogP contribution in [0.25, 0.3) is 11.1 Å². The molecule has 0 aliphatic heterocycles. The Kier molecular flexibility index (Phi) is 7.68. The number of carbonyl (C=O) groups is 1. The van der Waals surface area contributed by atoms with Crippen LogP contribution in [0.1, 0.15) is 10.4 Å². The maximum atomic E-state index is 14.3. The average molecular weight is 353 g/mol. The van der Waals surface area contributed by atoms with E-state index in [2.05, 4.69) is 5.32 Å². The first-order chi connectivity index (χ1) is 11.1. The lowest BCUT2D eigenvalue weighted by molar-refractivity contribution is 0.0792. The van der Waals surface area contributed by atoms with Crippen LogP contribution >= 0.6 is 12.4 Å². The van der Waals surface area contributed by atoms with Crippen molar-refractivity contribution in [2.75, 3.05) is 34.3 Å². The largest absolute Gasteiger partial charge is 0.497 e. The molecule has 4 nitrogen and oxygen atoms in total. The van der Waals surface area contributed by atoms with Gasteiger partial charge >= 0.3 is 0 Å². The predicted octanol–water partition coefficient (Wildman–Crippen LogP) is 3.21. The van der Waals surface area contributed by atoms with E-state index < -0.39 is 5.82 Å². The van der Waals surface area contributed by atoms with Gasteiger partial charge in [-0.05, 0) is 42.4 Å². The minimum atomic E-state index is -0.514. The summed E-state index contributed by atoms with van der Waals surface area (Å²) in [6, 6.07) is 12.0. The Hall–Kier alpha value is -2.11. The number of amides is 1.